The highest BCUT2D eigenvalue weighted by Crippen LogP contribution is 2.15. The van der Waals surface area contributed by atoms with Gasteiger partial charge in [-0.05, 0) is 36.4 Å². The molecule has 2 nitrogen and oxygen atoms in total. The Balaban J connectivity index is 3.52. The molecular formula is C7H14N2S2. The fraction of sp³-hybridized carbons (Fsp3) is 0.857. The van der Waals surface area contributed by atoms with Crippen LogP contribution >= 0.6 is 23.5 Å². The molecule has 0 spiro atoms. The van der Waals surface area contributed by atoms with Crippen LogP contribution in [0.5, 0.6) is 0 Å². The van der Waals surface area contributed by atoms with Gasteiger partial charge in [-0.15, -0.1) is 0 Å². The summed E-state index contributed by atoms with van der Waals surface area (Å²) in [6.45, 7) is 4.24. The van der Waals surface area contributed by atoms with Gasteiger partial charge in [-0.25, -0.2) is 0 Å². The zero-order chi connectivity index (χ0) is 8.53. The first-order valence-corrected chi connectivity index (χ1v) is 5.79. The van der Waals surface area contributed by atoms with Crippen LogP contribution in [0.15, 0.2) is 0 Å². The van der Waals surface area contributed by atoms with Crippen molar-refractivity contribution in [3.05, 3.63) is 5.53 Å². The van der Waals surface area contributed by atoms with Crippen LogP contribution in [-0.2, 0) is 0 Å². The van der Waals surface area contributed by atoms with Crippen molar-refractivity contribution >= 4 is 27.9 Å². The third kappa shape index (κ3) is 6.48. The molecule has 0 saturated carbocycles. The Labute approximate surface area is 76.8 Å². The molecule has 0 bridgehead atoms. The molecular weight excluding hydrogens is 176 g/mol. The average Bonchev–Trinajstić information content (AvgIpc) is 2.05. The molecule has 0 aliphatic heterocycles. The smallest absolute Gasteiger partial charge is 0.359 e. The van der Waals surface area contributed by atoms with Crippen LogP contribution in [0.2, 0.25) is 0 Å². The van der Waals surface area contributed by atoms with Gasteiger partial charge in [-0.1, -0.05) is 13.8 Å². The lowest BCUT2D eigenvalue weighted by atomic mass is 10.6. The Morgan fingerprint density at radius 1 is 1.18 bits per heavy atom. The lowest BCUT2D eigenvalue weighted by Gasteiger charge is -1.91. The summed E-state index contributed by atoms with van der Waals surface area (Å²) >= 11 is 3.25. The number of nitrogens with zero attached hydrogens (tertiary/aromatic N) is 2. The molecule has 0 fully saturated rings. The highest BCUT2D eigenvalue weighted by molar-refractivity contribution is 8.38. The molecule has 0 aliphatic carbocycles. The minimum Gasteiger partial charge on any atom is -0.359 e. The molecule has 0 radical (unpaired) electrons. The van der Waals surface area contributed by atoms with Crippen molar-refractivity contribution in [2.24, 2.45) is 0 Å². The van der Waals surface area contributed by atoms with Gasteiger partial charge in [0, 0.05) is 11.5 Å². The molecule has 0 atom stereocenters. The molecule has 0 heterocycles. The zero-order valence-corrected chi connectivity index (χ0v) is 8.67. The van der Waals surface area contributed by atoms with Gasteiger partial charge in [-0.2, -0.15) is 4.79 Å². The molecule has 0 aliphatic rings. The van der Waals surface area contributed by atoms with Crippen molar-refractivity contribution in [3.8, 4) is 0 Å². The summed E-state index contributed by atoms with van der Waals surface area (Å²) in [5.41, 5.74) is 8.53. The van der Waals surface area contributed by atoms with Crippen LogP contribution in [0, 0.1) is 0 Å². The second-order valence-corrected chi connectivity index (χ2v) is 4.49. The molecule has 4 heteroatoms. The summed E-state index contributed by atoms with van der Waals surface area (Å²) in [5.74, 6) is 2.08. The van der Waals surface area contributed by atoms with E-state index in [2.05, 4.69) is 18.6 Å². The molecule has 64 valence electrons. The number of thioether (sulfide) groups is 2. The molecule has 0 rings (SSSR count). The minimum absolute atomic E-state index is 0.800. The Morgan fingerprint density at radius 2 is 1.64 bits per heavy atom. The van der Waals surface area contributed by atoms with E-state index >= 15 is 0 Å². The quantitative estimate of drug-likeness (QED) is 0.296. The minimum atomic E-state index is 0.800. The van der Waals surface area contributed by atoms with E-state index in [4.69, 9.17) is 5.53 Å². The SMILES string of the molecule is CCCSC(=[N+]=[N-])SCCC. The molecule has 0 unspecified atom stereocenters. The van der Waals surface area contributed by atoms with Crippen molar-refractivity contribution in [3.63, 3.8) is 0 Å². The molecule has 11 heavy (non-hydrogen) atoms. The Morgan fingerprint density at radius 3 is 1.91 bits per heavy atom. The molecule has 0 aromatic rings. The maximum atomic E-state index is 8.53. The summed E-state index contributed by atoms with van der Waals surface area (Å²) in [6.07, 6.45) is 2.24. The number of rotatable bonds is 4. The lowest BCUT2D eigenvalue weighted by molar-refractivity contribution is 0.00552. The third-order valence-electron chi connectivity index (χ3n) is 0.941. The van der Waals surface area contributed by atoms with E-state index in [1.165, 1.54) is 0 Å². The lowest BCUT2D eigenvalue weighted by Crippen LogP contribution is -1.90. The first-order chi connectivity index (χ1) is 5.35. The highest BCUT2D eigenvalue weighted by atomic mass is 32.2. The van der Waals surface area contributed by atoms with E-state index in [1.807, 2.05) is 0 Å². The van der Waals surface area contributed by atoms with Crippen molar-refractivity contribution in [2.75, 3.05) is 11.5 Å². The van der Waals surface area contributed by atoms with E-state index in [9.17, 15) is 0 Å². The van der Waals surface area contributed by atoms with Crippen LogP contribution in [0.25, 0.3) is 5.53 Å². The Hall–Kier alpha value is 0.0800. The van der Waals surface area contributed by atoms with Crippen LogP contribution in [0.4, 0.5) is 0 Å². The summed E-state index contributed by atoms with van der Waals surface area (Å²) in [7, 11) is 0. The van der Waals surface area contributed by atoms with E-state index < -0.39 is 0 Å². The molecule has 0 N–H and O–H groups in total. The van der Waals surface area contributed by atoms with Gasteiger partial charge < -0.3 is 5.53 Å². The predicted molar refractivity (Wildman–Crippen MR) is 54.1 cm³/mol. The van der Waals surface area contributed by atoms with Crippen molar-refractivity contribution in [1.29, 1.82) is 0 Å². The maximum Gasteiger partial charge on any atom is 0.383 e. The standard InChI is InChI=1S/C7H14N2S2/c1-3-5-10-7(9-8)11-6-4-2/h3-6H2,1-2H3. The summed E-state index contributed by atoms with van der Waals surface area (Å²) in [6, 6.07) is 0. The van der Waals surface area contributed by atoms with Crippen LogP contribution in [-0.4, -0.2) is 20.7 Å². The fourth-order valence-electron chi connectivity index (χ4n) is 0.478. The molecule has 0 aromatic heterocycles. The van der Waals surface area contributed by atoms with Gasteiger partial charge in [0.2, 0.25) is 0 Å². The molecule has 0 amide bonds. The summed E-state index contributed by atoms with van der Waals surface area (Å²) in [4.78, 5) is 3.21. The van der Waals surface area contributed by atoms with Crippen molar-refractivity contribution < 1.29 is 4.79 Å². The summed E-state index contributed by atoms with van der Waals surface area (Å²) in [5, 5.41) is 0. The second kappa shape index (κ2) is 8.18. The normalized spacial score (nSPS) is 9.27. The van der Waals surface area contributed by atoms with Crippen molar-refractivity contribution in [1.82, 2.24) is 0 Å². The summed E-state index contributed by atoms with van der Waals surface area (Å²) < 4.78 is 0.800. The first-order valence-electron chi connectivity index (χ1n) is 3.82. The van der Waals surface area contributed by atoms with Gasteiger partial charge in [0.1, 0.15) is 0 Å². The average molecular weight is 190 g/mol. The first kappa shape index (κ1) is 11.1. The zero-order valence-electron chi connectivity index (χ0n) is 7.04. The predicted octanol–water partition coefficient (Wildman–Crippen LogP) is 2.86. The maximum absolute atomic E-state index is 8.53. The van der Waals surface area contributed by atoms with Gasteiger partial charge >= 0.3 is 4.38 Å². The van der Waals surface area contributed by atoms with Crippen molar-refractivity contribution in [2.45, 2.75) is 26.7 Å². The van der Waals surface area contributed by atoms with E-state index in [1.54, 1.807) is 23.5 Å². The third-order valence-corrected chi connectivity index (χ3v) is 3.53. The molecule has 0 saturated heterocycles. The van der Waals surface area contributed by atoms with Crippen LogP contribution < -0.4 is 0 Å². The Kier molecular flexibility index (Phi) is 8.24. The van der Waals surface area contributed by atoms with E-state index in [-0.39, 0.29) is 0 Å². The van der Waals surface area contributed by atoms with E-state index in [0.717, 1.165) is 28.7 Å². The van der Waals surface area contributed by atoms with Crippen LogP contribution in [0.1, 0.15) is 26.7 Å². The van der Waals surface area contributed by atoms with Gasteiger partial charge in [0.25, 0.3) is 0 Å². The second-order valence-electron chi connectivity index (χ2n) is 2.06. The van der Waals surface area contributed by atoms with E-state index in [0.29, 0.717) is 0 Å². The van der Waals surface area contributed by atoms with Gasteiger partial charge in [0.05, 0.1) is 0 Å². The van der Waals surface area contributed by atoms with Gasteiger partial charge in [-0.3, -0.25) is 0 Å². The van der Waals surface area contributed by atoms with Crippen LogP contribution in [0.3, 0.4) is 0 Å². The number of hydrogen-bond acceptors (Lipinski definition) is 2. The molecule has 0 aromatic carbocycles. The number of hydrogen-bond donors (Lipinski definition) is 0. The fourth-order valence-corrected chi connectivity index (χ4v) is 2.18. The highest BCUT2D eigenvalue weighted by Gasteiger charge is 2.07. The van der Waals surface area contributed by atoms with Gasteiger partial charge in [0.15, 0.2) is 0 Å². The topological polar surface area (TPSA) is 36.4 Å². The largest absolute Gasteiger partial charge is 0.383 e. The Bertz CT molecular complexity index is 131. The monoisotopic (exact) mass is 190 g/mol.